The van der Waals surface area contributed by atoms with Crippen LogP contribution in [0.5, 0.6) is 23.3 Å². The van der Waals surface area contributed by atoms with E-state index in [1.54, 1.807) is 6.07 Å². The highest BCUT2D eigenvalue weighted by molar-refractivity contribution is 6.16. The molecule has 2 aromatic carbocycles. The fraction of sp³-hybridized carbons (Fsp3) is 0.192. The minimum atomic E-state index is -1.29. The van der Waals surface area contributed by atoms with Crippen LogP contribution in [-0.4, -0.2) is 41.0 Å². The number of halogens is 2. The summed E-state index contributed by atoms with van der Waals surface area (Å²) in [4.78, 5) is 38.1. The van der Waals surface area contributed by atoms with Crippen LogP contribution in [0.4, 0.5) is 20.2 Å². The Balaban J connectivity index is 1.31. The van der Waals surface area contributed by atoms with Crippen LogP contribution in [0.15, 0.2) is 54.9 Å². The van der Waals surface area contributed by atoms with E-state index in [-0.39, 0.29) is 28.7 Å². The lowest BCUT2D eigenvalue weighted by Gasteiger charge is -2.16. The second kappa shape index (κ2) is 9.88. The van der Waals surface area contributed by atoms with Gasteiger partial charge in [-0.25, -0.2) is 18.7 Å². The molecule has 194 valence electrons. The SMILES string of the molecule is COc1cc2ncnc(Oc3ccc(NC(=O)C4(C(=O)Nc5ccc(F)cc5)CC4)cc3F)c2nc1OC. The minimum Gasteiger partial charge on any atom is -0.491 e. The molecule has 2 amide bonds. The normalized spacial score (nSPS) is 13.5. The van der Waals surface area contributed by atoms with Crippen molar-refractivity contribution < 1.29 is 32.6 Å². The van der Waals surface area contributed by atoms with Gasteiger partial charge in [0, 0.05) is 23.5 Å². The van der Waals surface area contributed by atoms with E-state index in [2.05, 4.69) is 25.6 Å². The number of benzene rings is 2. The summed E-state index contributed by atoms with van der Waals surface area (Å²) in [6.45, 7) is 0. The number of nitrogens with one attached hydrogen (secondary N) is 2. The quantitative estimate of drug-likeness (QED) is 0.326. The molecule has 0 aliphatic heterocycles. The van der Waals surface area contributed by atoms with Gasteiger partial charge >= 0.3 is 0 Å². The number of rotatable bonds is 8. The van der Waals surface area contributed by atoms with Crippen LogP contribution in [0.1, 0.15) is 12.8 Å². The molecule has 38 heavy (non-hydrogen) atoms. The highest BCUT2D eigenvalue weighted by atomic mass is 19.1. The van der Waals surface area contributed by atoms with Crippen molar-refractivity contribution in [1.82, 2.24) is 15.0 Å². The van der Waals surface area contributed by atoms with Gasteiger partial charge in [-0.05, 0) is 49.2 Å². The van der Waals surface area contributed by atoms with Crippen molar-refractivity contribution in [3.63, 3.8) is 0 Å². The van der Waals surface area contributed by atoms with Crippen LogP contribution in [0, 0.1) is 17.0 Å². The van der Waals surface area contributed by atoms with E-state index in [1.165, 1.54) is 56.9 Å². The molecule has 5 rings (SSSR count). The maximum Gasteiger partial charge on any atom is 0.257 e. The van der Waals surface area contributed by atoms with Gasteiger partial charge in [0.05, 0.1) is 14.2 Å². The average molecular weight is 521 g/mol. The number of carbonyl (C=O) groups excluding carboxylic acids is 2. The number of hydrogen-bond donors (Lipinski definition) is 2. The largest absolute Gasteiger partial charge is 0.491 e. The number of nitrogens with zero attached hydrogens (tertiary/aromatic N) is 3. The zero-order valence-electron chi connectivity index (χ0n) is 20.2. The van der Waals surface area contributed by atoms with Crippen molar-refractivity contribution in [2.24, 2.45) is 5.41 Å². The first-order chi connectivity index (χ1) is 18.3. The second-order valence-corrected chi connectivity index (χ2v) is 8.49. The molecule has 2 N–H and O–H groups in total. The van der Waals surface area contributed by atoms with E-state index in [4.69, 9.17) is 14.2 Å². The Labute approximate surface area is 215 Å². The number of fused-ring (bicyclic) bond motifs is 1. The topological polar surface area (TPSA) is 125 Å². The first kappa shape index (κ1) is 24.8. The molecular formula is C26H21F2N5O5. The van der Waals surface area contributed by atoms with Crippen LogP contribution < -0.4 is 24.8 Å². The Morgan fingerprint density at radius 3 is 2.16 bits per heavy atom. The van der Waals surface area contributed by atoms with E-state index < -0.39 is 28.9 Å². The Morgan fingerprint density at radius 1 is 0.842 bits per heavy atom. The third-order valence-electron chi connectivity index (χ3n) is 6.04. The Kier molecular flexibility index (Phi) is 6.45. The highest BCUT2D eigenvalue weighted by Crippen LogP contribution is 2.47. The molecule has 1 aliphatic carbocycles. The lowest BCUT2D eigenvalue weighted by atomic mass is 10.0. The number of ether oxygens (including phenoxy) is 3. The number of pyridine rings is 1. The Bertz CT molecular complexity index is 1540. The van der Waals surface area contributed by atoms with E-state index >= 15 is 0 Å². The molecule has 1 fully saturated rings. The maximum atomic E-state index is 14.9. The summed E-state index contributed by atoms with van der Waals surface area (Å²) in [5, 5.41) is 5.21. The third-order valence-corrected chi connectivity index (χ3v) is 6.04. The van der Waals surface area contributed by atoms with E-state index in [1.807, 2.05) is 0 Å². The summed E-state index contributed by atoms with van der Waals surface area (Å²) in [5.74, 6) is -1.97. The Morgan fingerprint density at radius 2 is 1.53 bits per heavy atom. The van der Waals surface area contributed by atoms with Crippen molar-refractivity contribution in [2.45, 2.75) is 12.8 Å². The van der Waals surface area contributed by atoms with Gasteiger partial charge in [-0.2, -0.15) is 4.98 Å². The summed E-state index contributed by atoms with van der Waals surface area (Å²) in [6.07, 6.45) is 1.90. The molecule has 0 saturated heterocycles. The minimum absolute atomic E-state index is 0.0129. The monoisotopic (exact) mass is 521 g/mol. The van der Waals surface area contributed by atoms with Crippen LogP contribution >= 0.6 is 0 Å². The molecule has 2 aromatic heterocycles. The van der Waals surface area contributed by atoms with Crippen LogP contribution in [0.2, 0.25) is 0 Å². The molecule has 0 spiro atoms. The van der Waals surface area contributed by atoms with Crippen molar-refractivity contribution >= 4 is 34.2 Å². The van der Waals surface area contributed by atoms with Gasteiger partial charge < -0.3 is 24.8 Å². The zero-order chi connectivity index (χ0) is 26.9. The number of aromatic nitrogens is 3. The first-order valence-corrected chi connectivity index (χ1v) is 11.4. The zero-order valence-corrected chi connectivity index (χ0v) is 20.2. The second-order valence-electron chi connectivity index (χ2n) is 8.49. The standard InChI is InChI=1S/C26H21F2N5O5/c1-36-20-12-18-21(33-22(20)37-2)23(30-13-29-18)38-19-8-7-16(11-17(19)28)32-25(35)26(9-10-26)24(34)31-15-5-3-14(27)4-6-15/h3-8,11-13H,9-10H2,1-2H3,(H,31,34)(H,32,35). The predicted octanol–water partition coefficient (Wildman–Crippen LogP) is 4.47. The van der Waals surface area contributed by atoms with Crippen LogP contribution in [-0.2, 0) is 9.59 Å². The van der Waals surface area contributed by atoms with E-state index in [0.717, 1.165) is 6.07 Å². The van der Waals surface area contributed by atoms with Gasteiger partial charge in [-0.1, -0.05) is 0 Å². The molecule has 1 saturated carbocycles. The van der Waals surface area contributed by atoms with Gasteiger partial charge in [-0.3, -0.25) is 9.59 Å². The molecule has 0 atom stereocenters. The lowest BCUT2D eigenvalue weighted by molar-refractivity contribution is -0.131. The van der Waals surface area contributed by atoms with Crippen molar-refractivity contribution in [2.75, 3.05) is 24.9 Å². The number of methoxy groups -OCH3 is 2. The van der Waals surface area contributed by atoms with Crippen molar-refractivity contribution in [3.8, 4) is 23.3 Å². The maximum absolute atomic E-state index is 14.9. The lowest BCUT2D eigenvalue weighted by Crippen LogP contribution is -2.35. The molecule has 12 heteroatoms. The summed E-state index contributed by atoms with van der Waals surface area (Å²) >= 11 is 0. The molecule has 10 nitrogen and oxygen atoms in total. The first-order valence-electron chi connectivity index (χ1n) is 11.4. The van der Waals surface area contributed by atoms with Gasteiger partial charge in [0.1, 0.15) is 23.1 Å². The van der Waals surface area contributed by atoms with Gasteiger partial charge in [0.25, 0.3) is 5.88 Å². The van der Waals surface area contributed by atoms with Gasteiger partial charge in [-0.15, -0.1) is 0 Å². The molecule has 0 unspecified atom stereocenters. The van der Waals surface area contributed by atoms with Gasteiger partial charge in [0.15, 0.2) is 22.8 Å². The smallest absolute Gasteiger partial charge is 0.257 e. The fourth-order valence-electron chi connectivity index (χ4n) is 3.78. The summed E-state index contributed by atoms with van der Waals surface area (Å²) in [7, 11) is 2.88. The average Bonchev–Trinajstić information content (AvgIpc) is 3.73. The van der Waals surface area contributed by atoms with Crippen LogP contribution in [0.3, 0.4) is 0 Å². The van der Waals surface area contributed by atoms with Crippen LogP contribution in [0.25, 0.3) is 11.0 Å². The van der Waals surface area contributed by atoms with E-state index in [9.17, 15) is 18.4 Å². The molecule has 0 radical (unpaired) electrons. The molecule has 4 aromatic rings. The number of carbonyl (C=O) groups is 2. The van der Waals surface area contributed by atoms with Gasteiger partial charge in [0.2, 0.25) is 17.7 Å². The van der Waals surface area contributed by atoms with Crippen molar-refractivity contribution in [3.05, 3.63) is 66.5 Å². The van der Waals surface area contributed by atoms with Crippen molar-refractivity contribution in [1.29, 1.82) is 0 Å². The molecule has 2 heterocycles. The third kappa shape index (κ3) is 4.75. The summed E-state index contributed by atoms with van der Waals surface area (Å²) < 4.78 is 44.2. The summed E-state index contributed by atoms with van der Waals surface area (Å²) in [5.41, 5.74) is -0.162. The highest BCUT2D eigenvalue weighted by Gasteiger charge is 2.56. The number of anilines is 2. The number of amides is 2. The summed E-state index contributed by atoms with van der Waals surface area (Å²) in [6, 6.07) is 10.6. The molecular weight excluding hydrogens is 500 g/mol. The fourth-order valence-corrected chi connectivity index (χ4v) is 3.78. The Hall–Kier alpha value is -4.87. The number of hydrogen-bond acceptors (Lipinski definition) is 8. The molecule has 0 bridgehead atoms. The predicted molar refractivity (Wildman–Crippen MR) is 132 cm³/mol. The van der Waals surface area contributed by atoms with E-state index in [0.29, 0.717) is 29.8 Å². The molecule has 1 aliphatic rings.